The van der Waals surface area contributed by atoms with Gasteiger partial charge < -0.3 is 10.0 Å². The fourth-order valence-corrected chi connectivity index (χ4v) is 4.81. The highest BCUT2D eigenvalue weighted by Crippen LogP contribution is 2.33. The Balaban J connectivity index is 1.29. The molecule has 178 valence electrons. The molecular formula is C23H26ClFN8O. The molecular weight excluding hydrogens is 459 g/mol. The maximum Gasteiger partial charge on any atom is 0.202 e. The van der Waals surface area contributed by atoms with Crippen LogP contribution in [0.4, 0.5) is 10.2 Å². The third kappa shape index (κ3) is 4.13. The number of nitrogens with zero attached hydrogens (tertiary/aromatic N) is 8. The van der Waals surface area contributed by atoms with Gasteiger partial charge in [-0.2, -0.15) is 10.2 Å². The maximum atomic E-state index is 14.7. The van der Waals surface area contributed by atoms with E-state index in [4.69, 9.17) is 11.6 Å². The Morgan fingerprint density at radius 3 is 2.68 bits per heavy atom. The van der Waals surface area contributed by atoms with Crippen molar-refractivity contribution in [2.24, 2.45) is 12.1 Å². The Morgan fingerprint density at radius 1 is 1.18 bits per heavy atom. The van der Waals surface area contributed by atoms with Crippen molar-refractivity contribution in [1.29, 1.82) is 0 Å². The zero-order chi connectivity index (χ0) is 23.8. The molecule has 5 heterocycles. The van der Waals surface area contributed by atoms with Crippen molar-refractivity contribution >= 4 is 23.6 Å². The fourth-order valence-electron chi connectivity index (χ4n) is 4.56. The van der Waals surface area contributed by atoms with E-state index in [-0.39, 0.29) is 11.9 Å². The number of piperazine rings is 1. The van der Waals surface area contributed by atoms with Gasteiger partial charge >= 0.3 is 0 Å². The molecule has 0 aromatic carbocycles. The van der Waals surface area contributed by atoms with Crippen molar-refractivity contribution in [3.8, 4) is 11.4 Å². The van der Waals surface area contributed by atoms with E-state index < -0.39 is 6.35 Å². The normalized spacial score (nSPS) is 19.7. The molecule has 0 bridgehead atoms. The third-order valence-electron chi connectivity index (χ3n) is 6.33. The summed E-state index contributed by atoms with van der Waals surface area (Å²) in [6.07, 6.45) is 4.90. The number of aliphatic hydroxyl groups excluding tert-OH is 1. The van der Waals surface area contributed by atoms with Gasteiger partial charge in [0.15, 0.2) is 11.6 Å². The minimum absolute atomic E-state index is 0.236. The summed E-state index contributed by atoms with van der Waals surface area (Å²) in [4.78, 5) is 12.8. The van der Waals surface area contributed by atoms with E-state index in [1.165, 1.54) is 6.07 Å². The fraction of sp³-hybridized carbons (Fsp3) is 0.391. The van der Waals surface area contributed by atoms with Crippen molar-refractivity contribution < 1.29 is 9.50 Å². The first-order valence-corrected chi connectivity index (χ1v) is 11.6. The number of aliphatic hydroxyl groups is 1. The molecule has 3 aromatic rings. The summed E-state index contributed by atoms with van der Waals surface area (Å²) in [5.41, 5.74) is 3.21. The first-order chi connectivity index (χ1) is 16.4. The van der Waals surface area contributed by atoms with Crippen LogP contribution in [0, 0.1) is 12.7 Å². The van der Waals surface area contributed by atoms with Gasteiger partial charge in [-0.25, -0.2) is 14.4 Å². The molecule has 11 heteroatoms. The SMILES string of the molecule is Cc1cnn(C)c1-c1ccc(F)c(N2CCN(C(O)N3N=CCC3c3ncccc3Cl)CC2)n1. The Morgan fingerprint density at radius 2 is 1.97 bits per heavy atom. The Hall–Kier alpha value is -3.08. The van der Waals surface area contributed by atoms with Gasteiger partial charge in [-0.3, -0.25) is 14.6 Å². The van der Waals surface area contributed by atoms with Crippen molar-refractivity contribution in [2.45, 2.75) is 25.7 Å². The van der Waals surface area contributed by atoms with Crippen LogP contribution in [0.3, 0.4) is 0 Å². The van der Waals surface area contributed by atoms with Gasteiger partial charge in [-0.05, 0) is 36.8 Å². The number of aromatic nitrogens is 4. The molecule has 0 spiro atoms. The zero-order valence-electron chi connectivity index (χ0n) is 19.0. The van der Waals surface area contributed by atoms with Crippen LogP contribution in [-0.2, 0) is 7.05 Å². The molecule has 2 aliphatic heterocycles. The number of hydrogen-bond acceptors (Lipinski definition) is 8. The highest BCUT2D eigenvalue weighted by atomic mass is 35.5. The lowest BCUT2D eigenvalue weighted by Gasteiger charge is -2.41. The van der Waals surface area contributed by atoms with Crippen LogP contribution >= 0.6 is 11.6 Å². The first-order valence-electron chi connectivity index (χ1n) is 11.2. The minimum atomic E-state index is -0.940. The van der Waals surface area contributed by atoms with E-state index in [0.717, 1.165) is 11.3 Å². The van der Waals surface area contributed by atoms with Crippen LogP contribution in [-0.4, -0.2) is 73.5 Å². The van der Waals surface area contributed by atoms with Crippen LogP contribution < -0.4 is 4.90 Å². The van der Waals surface area contributed by atoms with Crippen LogP contribution in [0.25, 0.3) is 11.4 Å². The number of anilines is 1. The summed E-state index contributed by atoms with van der Waals surface area (Å²) in [5.74, 6) is -0.0591. The van der Waals surface area contributed by atoms with E-state index in [9.17, 15) is 9.50 Å². The Labute approximate surface area is 202 Å². The molecule has 1 N–H and O–H groups in total. The predicted octanol–water partition coefficient (Wildman–Crippen LogP) is 2.81. The van der Waals surface area contributed by atoms with Gasteiger partial charge in [-0.1, -0.05) is 11.6 Å². The molecule has 0 saturated carbocycles. The van der Waals surface area contributed by atoms with Gasteiger partial charge in [0.25, 0.3) is 0 Å². The summed E-state index contributed by atoms with van der Waals surface area (Å²) >= 11 is 6.34. The quantitative estimate of drug-likeness (QED) is 0.596. The lowest BCUT2D eigenvalue weighted by molar-refractivity contribution is -0.127. The summed E-state index contributed by atoms with van der Waals surface area (Å²) in [7, 11) is 1.85. The van der Waals surface area contributed by atoms with E-state index in [0.29, 0.717) is 54.8 Å². The number of hydrogen-bond donors (Lipinski definition) is 1. The molecule has 2 aliphatic rings. The second-order valence-corrected chi connectivity index (χ2v) is 8.88. The summed E-state index contributed by atoms with van der Waals surface area (Å²) in [6.45, 7) is 4.03. The standard InChI is InChI=1S/C23H26ClFN8O/c1-15-14-28-30(2)21(15)18-6-5-17(25)22(29-18)31-10-12-32(13-11-31)23(34)33-19(7-9-27-33)20-16(24)4-3-8-26-20/h3-6,8-9,14,19,23,34H,7,10-13H2,1-2H3. The minimum Gasteiger partial charge on any atom is -0.360 e. The molecule has 9 nitrogen and oxygen atoms in total. The van der Waals surface area contributed by atoms with Gasteiger partial charge in [0.1, 0.15) is 0 Å². The summed E-state index contributed by atoms with van der Waals surface area (Å²) in [6, 6.07) is 6.45. The van der Waals surface area contributed by atoms with Crippen LogP contribution in [0.15, 0.2) is 41.8 Å². The molecule has 0 aliphatic carbocycles. The number of pyridine rings is 2. The monoisotopic (exact) mass is 484 g/mol. The van der Waals surface area contributed by atoms with E-state index >= 15 is 0 Å². The molecule has 3 aromatic heterocycles. The zero-order valence-corrected chi connectivity index (χ0v) is 19.8. The van der Waals surface area contributed by atoms with Crippen molar-refractivity contribution in [1.82, 2.24) is 29.7 Å². The van der Waals surface area contributed by atoms with Gasteiger partial charge in [0.05, 0.1) is 34.3 Å². The summed E-state index contributed by atoms with van der Waals surface area (Å²) in [5, 5.41) is 21.9. The molecule has 0 radical (unpaired) electrons. The third-order valence-corrected chi connectivity index (χ3v) is 6.65. The lowest BCUT2D eigenvalue weighted by atomic mass is 10.1. The predicted molar refractivity (Wildman–Crippen MR) is 128 cm³/mol. The molecule has 34 heavy (non-hydrogen) atoms. The Kier molecular flexibility index (Phi) is 6.20. The average Bonchev–Trinajstić information content (AvgIpc) is 3.46. The highest BCUT2D eigenvalue weighted by Gasteiger charge is 2.35. The number of halogens is 2. The maximum absolute atomic E-state index is 14.7. The van der Waals surface area contributed by atoms with Crippen molar-refractivity contribution in [3.63, 3.8) is 0 Å². The first kappa shape index (κ1) is 22.7. The second-order valence-electron chi connectivity index (χ2n) is 8.47. The van der Waals surface area contributed by atoms with Crippen LogP contribution in [0.2, 0.25) is 5.02 Å². The summed E-state index contributed by atoms with van der Waals surface area (Å²) < 4.78 is 16.5. The number of hydrazone groups is 1. The number of aryl methyl sites for hydroxylation is 2. The van der Waals surface area contributed by atoms with E-state index in [1.807, 2.05) is 23.8 Å². The van der Waals surface area contributed by atoms with Crippen LogP contribution in [0.1, 0.15) is 23.7 Å². The van der Waals surface area contributed by atoms with Gasteiger partial charge in [0, 0.05) is 52.1 Å². The van der Waals surface area contributed by atoms with Gasteiger partial charge in [0.2, 0.25) is 6.35 Å². The Bertz CT molecular complexity index is 1190. The van der Waals surface area contributed by atoms with E-state index in [2.05, 4.69) is 20.2 Å². The highest BCUT2D eigenvalue weighted by molar-refractivity contribution is 6.31. The smallest absolute Gasteiger partial charge is 0.202 e. The van der Waals surface area contributed by atoms with Crippen LogP contribution in [0.5, 0.6) is 0 Å². The molecule has 0 amide bonds. The lowest BCUT2D eigenvalue weighted by Crippen LogP contribution is -2.55. The molecule has 5 rings (SSSR count). The van der Waals surface area contributed by atoms with Crippen molar-refractivity contribution in [3.05, 3.63) is 58.8 Å². The largest absolute Gasteiger partial charge is 0.360 e. The second kappa shape index (κ2) is 9.28. The van der Waals surface area contributed by atoms with Crippen molar-refractivity contribution in [2.75, 3.05) is 31.1 Å². The molecule has 2 unspecified atom stereocenters. The molecule has 1 saturated heterocycles. The topological polar surface area (TPSA) is 85.9 Å². The average molecular weight is 485 g/mol. The van der Waals surface area contributed by atoms with E-state index in [1.54, 1.807) is 46.5 Å². The molecule has 1 fully saturated rings. The molecule has 2 atom stereocenters. The van der Waals surface area contributed by atoms with Gasteiger partial charge in [-0.15, -0.1) is 0 Å². The number of rotatable bonds is 5.